The summed E-state index contributed by atoms with van der Waals surface area (Å²) < 4.78 is 0. The summed E-state index contributed by atoms with van der Waals surface area (Å²) in [5.41, 5.74) is 4.74. The molecule has 0 spiro atoms. The van der Waals surface area contributed by atoms with Gasteiger partial charge in [-0.25, -0.2) is 0 Å². The highest BCUT2D eigenvalue weighted by molar-refractivity contribution is 5.83. The lowest BCUT2D eigenvalue weighted by Crippen LogP contribution is -2.38. The van der Waals surface area contributed by atoms with E-state index in [-0.39, 0.29) is 18.5 Å². The fraction of sp³-hybridized carbons (Fsp3) is 0.348. The number of para-hydroxylation sites is 1. The fourth-order valence-electron chi connectivity index (χ4n) is 3.53. The van der Waals surface area contributed by atoms with E-state index in [1.54, 1.807) is 0 Å². The number of carboxylic acids is 1. The average molecular weight is 380 g/mol. The number of aliphatic carboxylic acids is 1. The van der Waals surface area contributed by atoms with Crippen LogP contribution >= 0.6 is 0 Å². The number of aromatic nitrogens is 1. The number of hydrogen-bond donors (Lipinski definition) is 4. The molecule has 5 nitrogen and oxygen atoms in total. The lowest BCUT2D eigenvalue weighted by atomic mass is 10.0. The van der Waals surface area contributed by atoms with Crippen molar-refractivity contribution in [1.29, 1.82) is 0 Å². The standard InChI is InChI=1S/C23H29N3O2/c1-16-7-9-18(10-8-16)17(2)24-11-12-25-20(14-23(27)28)13-19-15-26-22-6-4-3-5-21(19)22/h3-10,15,17,20,24-26H,11-14H2,1-2H3,(H,27,28)/t17?,20-/m1/s1. The molecule has 0 aliphatic heterocycles. The van der Waals surface area contributed by atoms with Crippen LogP contribution in [0, 0.1) is 6.92 Å². The van der Waals surface area contributed by atoms with E-state index < -0.39 is 5.97 Å². The van der Waals surface area contributed by atoms with E-state index in [0.717, 1.165) is 29.6 Å². The second kappa shape index (κ2) is 9.53. The minimum atomic E-state index is -0.779. The number of nitrogens with one attached hydrogen (secondary N) is 3. The minimum absolute atomic E-state index is 0.104. The molecule has 4 N–H and O–H groups in total. The van der Waals surface area contributed by atoms with Crippen molar-refractivity contribution in [3.05, 3.63) is 71.4 Å². The molecule has 1 unspecified atom stereocenters. The molecule has 2 atom stereocenters. The predicted octanol–water partition coefficient (Wildman–Crippen LogP) is 3.80. The maximum Gasteiger partial charge on any atom is 0.304 e. The molecule has 148 valence electrons. The minimum Gasteiger partial charge on any atom is -0.481 e. The first-order chi connectivity index (χ1) is 13.5. The third kappa shape index (κ3) is 5.44. The molecule has 3 aromatic rings. The summed E-state index contributed by atoms with van der Waals surface area (Å²) in [4.78, 5) is 14.6. The van der Waals surface area contributed by atoms with Gasteiger partial charge >= 0.3 is 5.97 Å². The van der Waals surface area contributed by atoms with E-state index in [1.807, 2.05) is 24.4 Å². The van der Waals surface area contributed by atoms with Gasteiger partial charge in [0.05, 0.1) is 6.42 Å². The molecule has 1 aromatic heterocycles. The van der Waals surface area contributed by atoms with E-state index in [0.29, 0.717) is 6.42 Å². The molecule has 0 bridgehead atoms. The molecule has 3 rings (SSSR count). The Balaban J connectivity index is 1.52. The first-order valence-electron chi connectivity index (χ1n) is 9.83. The van der Waals surface area contributed by atoms with Crippen LogP contribution in [0.3, 0.4) is 0 Å². The van der Waals surface area contributed by atoms with Gasteiger partial charge in [-0.05, 0) is 37.5 Å². The zero-order valence-corrected chi connectivity index (χ0v) is 16.5. The van der Waals surface area contributed by atoms with Crippen LogP contribution < -0.4 is 10.6 Å². The van der Waals surface area contributed by atoms with Crippen molar-refractivity contribution < 1.29 is 9.90 Å². The van der Waals surface area contributed by atoms with E-state index in [9.17, 15) is 9.90 Å². The third-order valence-electron chi connectivity index (χ3n) is 5.15. The van der Waals surface area contributed by atoms with E-state index in [1.165, 1.54) is 11.1 Å². The summed E-state index contributed by atoms with van der Waals surface area (Å²) in [7, 11) is 0. The van der Waals surface area contributed by atoms with Crippen molar-refractivity contribution in [3.63, 3.8) is 0 Å². The zero-order chi connectivity index (χ0) is 19.9. The van der Waals surface area contributed by atoms with Gasteiger partial charge in [0, 0.05) is 42.3 Å². The van der Waals surface area contributed by atoms with Gasteiger partial charge in [0.1, 0.15) is 0 Å². The Labute approximate surface area is 166 Å². The molecule has 0 fully saturated rings. The smallest absolute Gasteiger partial charge is 0.304 e. The molecule has 0 aliphatic carbocycles. The number of aromatic amines is 1. The number of aryl methyl sites for hydroxylation is 1. The molecule has 0 saturated heterocycles. The number of benzene rings is 2. The van der Waals surface area contributed by atoms with Gasteiger partial charge in [-0.3, -0.25) is 4.79 Å². The third-order valence-corrected chi connectivity index (χ3v) is 5.15. The Morgan fingerprint density at radius 2 is 1.79 bits per heavy atom. The summed E-state index contributed by atoms with van der Waals surface area (Å²) in [5, 5.41) is 17.3. The van der Waals surface area contributed by atoms with E-state index in [2.05, 4.69) is 59.8 Å². The van der Waals surface area contributed by atoms with E-state index in [4.69, 9.17) is 0 Å². The number of H-pyrrole nitrogens is 1. The Kier molecular flexibility index (Phi) is 6.85. The number of carboxylic acid groups (broad SMARTS) is 1. The van der Waals surface area contributed by atoms with Crippen LogP contribution in [0.4, 0.5) is 0 Å². The largest absolute Gasteiger partial charge is 0.481 e. The van der Waals surface area contributed by atoms with Crippen LogP contribution in [0.25, 0.3) is 10.9 Å². The van der Waals surface area contributed by atoms with Gasteiger partial charge in [-0.2, -0.15) is 0 Å². The number of carbonyl (C=O) groups is 1. The number of fused-ring (bicyclic) bond motifs is 1. The molecule has 1 heterocycles. The highest BCUT2D eigenvalue weighted by atomic mass is 16.4. The van der Waals surface area contributed by atoms with Gasteiger partial charge < -0.3 is 20.7 Å². The first-order valence-corrected chi connectivity index (χ1v) is 9.83. The van der Waals surface area contributed by atoms with Crippen molar-refractivity contribution in [3.8, 4) is 0 Å². The Morgan fingerprint density at radius 1 is 1.07 bits per heavy atom. The van der Waals surface area contributed by atoms with Gasteiger partial charge in [-0.15, -0.1) is 0 Å². The maximum atomic E-state index is 11.3. The molecule has 28 heavy (non-hydrogen) atoms. The van der Waals surface area contributed by atoms with Crippen LogP contribution in [-0.2, 0) is 11.2 Å². The Hall–Kier alpha value is -2.63. The van der Waals surface area contributed by atoms with Crippen LogP contribution in [-0.4, -0.2) is 35.2 Å². The highest BCUT2D eigenvalue weighted by Crippen LogP contribution is 2.19. The van der Waals surface area contributed by atoms with Crippen LogP contribution in [0.15, 0.2) is 54.7 Å². The average Bonchev–Trinajstić information content (AvgIpc) is 3.08. The predicted molar refractivity (Wildman–Crippen MR) is 114 cm³/mol. The van der Waals surface area contributed by atoms with Crippen LogP contribution in [0.2, 0.25) is 0 Å². The van der Waals surface area contributed by atoms with Crippen molar-refractivity contribution in [2.24, 2.45) is 0 Å². The summed E-state index contributed by atoms with van der Waals surface area (Å²) in [6.07, 6.45) is 2.77. The number of rotatable bonds is 10. The van der Waals surface area contributed by atoms with Gasteiger partial charge in [0.2, 0.25) is 0 Å². The molecule has 0 aliphatic rings. The number of hydrogen-bond acceptors (Lipinski definition) is 3. The molecular formula is C23H29N3O2. The Morgan fingerprint density at radius 3 is 2.54 bits per heavy atom. The Bertz CT molecular complexity index is 902. The van der Waals surface area contributed by atoms with Gasteiger partial charge in [0.25, 0.3) is 0 Å². The fourth-order valence-corrected chi connectivity index (χ4v) is 3.53. The second-order valence-electron chi connectivity index (χ2n) is 7.40. The lowest BCUT2D eigenvalue weighted by molar-refractivity contribution is -0.137. The highest BCUT2D eigenvalue weighted by Gasteiger charge is 2.15. The maximum absolute atomic E-state index is 11.3. The summed E-state index contributed by atoms with van der Waals surface area (Å²) in [6, 6.07) is 16.8. The summed E-state index contributed by atoms with van der Waals surface area (Å²) in [6.45, 7) is 5.73. The molecule has 0 radical (unpaired) electrons. The normalized spacial score (nSPS) is 13.5. The van der Waals surface area contributed by atoms with Gasteiger partial charge in [0.15, 0.2) is 0 Å². The topological polar surface area (TPSA) is 77.2 Å². The zero-order valence-electron chi connectivity index (χ0n) is 16.5. The van der Waals surface area contributed by atoms with Crippen molar-refractivity contribution in [2.45, 2.75) is 38.8 Å². The summed E-state index contributed by atoms with van der Waals surface area (Å²) in [5.74, 6) is -0.779. The molecule has 2 aromatic carbocycles. The van der Waals surface area contributed by atoms with Gasteiger partial charge in [-0.1, -0.05) is 48.0 Å². The SMILES string of the molecule is Cc1ccc(C(C)NCCN[C@@H](CC(=O)O)Cc2c[nH]c3ccccc23)cc1. The molecular weight excluding hydrogens is 350 g/mol. The molecule has 0 amide bonds. The van der Waals surface area contributed by atoms with Crippen LogP contribution in [0.1, 0.15) is 36.1 Å². The van der Waals surface area contributed by atoms with Crippen molar-refractivity contribution >= 4 is 16.9 Å². The van der Waals surface area contributed by atoms with Crippen molar-refractivity contribution in [1.82, 2.24) is 15.6 Å². The quantitative estimate of drug-likeness (QED) is 0.404. The lowest BCUT2D eigenvalue weighted by Gasteiger charge is -2.19. The first kappa shape index (κ1) is 20.1. The van der Waals surface area contributed by atoms with Crippen molar-refractivity contribution in [2.75, 3.05) is 13.1 Å². The summed E-state index contributed by atoms with van der Waals surface area (Å²) >= 11 is 0. The monoisotopic (exact) mass is 379 g/mol. The van der Waals surface area contributed by atoms with E-state index >= 15 is 0 Å². The van der Waals surface area contributed by atoms with Crippen LogP contribution in [0.5, 0.6) is 0 Å². The molecule has 5 heteroatoms. The molecule has 0 saturated carbocycles. The second-order valence-corrected chi connectivity index (χ2v) is 7.40.